The number of aryl methyl sites for hydroxylation is 1. The van der Waals surface area contributed by atoms with Crippen LogP contribution in [0.4, 0.5) is 4.39 Å². The van der Waals surface area contributed by atoms with Gasteiger partial charge >= 0.3 is 0 Å². The van der Waals surface area contributed by atoms with Crippen molar-refractivity contribution in [2.45, 2.75) is 6.92 Å². The molecule has 1 N–H and O–H groups in total. The smallest absolute Gasteiger partial charge is 0.259 e. The van der Waals surface area contributed by atoms with Gasteiger partial charge in [0, 0.05) is 20.1 Å². The number of halogens is 3. The molecule has 1 aromatic carbocycles. The standard InChI is InChI=1S/C15H17ClFN3O2.ClH/c1-9-12(15(21)20(3)8-7-18-2)14(19-22-9)13-10(16)5-4-6-11(13)17;/h4-6,18H,7-8H2,1-3H3;1H. The number of nitrogens with zero attached hydrogens (tertiary/aromatic N) is 2. The summed E-state index contributed by atoms with van der Waals surface area (Å²) < 4.78 is 19.2. The van der Waals surface area contributed by atoms with Gasteiger partial charge in [-0.05, 0) is 26.1 Å². The number of hydrogen-bond acceptors (Lipinski definition) is 4. The summed E-state index contributed by atoms with van der Waals surface area (Å²) in [4.78, 5) is 14.1. The summed E-state index contributed by atoms with van der Waals surface area (Å²) in [5.41, 5.74) is 0.430. The van der Waals surface area contributed by atoms with Gasteiger partial charge in [0.2, 0.25) is 0 Å². The fourth-order valence-corrected chi connectivity index (χ4v) is 2.34. The molecule has 0 spiro atoms. The molecule has 2 aromatic rings. The number of aromatic nitrogens is 1. The summed E-state index contributed by atoms with van der Waals surface area (Å²) in [5, 5.41) is 6.97. The number of hydrogen-bond donors (Lipinski definition) is 1. The van der Waals surface area contributed by atoms with Gasteiger partial charge in [0.05, 0.1) is 10.6 Å². The molecule has 126 valence electrons. The monoisotopic (exact) mass is 361 g/mol. The molecule has 0 unspecified atom stereocenters. The largest absolute Gasteiger partial charge is 0.360 e. The van der Waals surface area contributed by atoms with E-state index in [2.05, 4.69) is 10.5 Å². The van der Waals surface area contributed by atoms with Crippen molar-refractivity contribution in [2.75, 3.05) is 27.2 Å². The van der Waals surface area contributed by atoms with Crippen LogP contribution in [-0.4, -0.2) is 43.1 Å². The summed E-state index contributed by atoms with van der Waals surface area (Å²) in [7, 11) is 3.46. The molecule has 0 atom stereocenters. The average molecular weight is 362 g/mol. The lowest BCUT2D eigenvalue weighted by molar-refractivity contribution is 0.0796. The minimum absolute atomic E-state index is 0. The molecule has 1 aromatic heterocycles. The third-order valence-electron chi connectivity index (χ3n) is 3.32. The molecule has 2 rings (SSSR count). The number of benzene rings is 1. The molecule has 8 heteroatoms. The van der Waals surface area contributed by atoms with E-state index in [1.165, 1.54) is 17.0 Å². The minimum Gasteiger partial charge on any atom is -0.360 e. The Bertz CT molecular complexity index is 671. The summed E-state index contributed by atoms with van der Waals surface area (Å²) in [6.45, 7) is 2.76. The van der Waals surface area contributed by atoms with Gasteiger partial charge in [-0.2, -0.15) is 0 Å². The van der Waals surface area contributed by atoms with Crippen LogP contribution in [0.15, 0.2) is 22.7 Å². The second kappa shape index (κ2) is 8.29. The van der Waals surface area contributed by atoms with Crippen molar-refractivity contribution in [1.82, 2.24) is 15.4 Å². The quantitative estimate of drug-likeness (QED) is 0.888. The highest BCUT2D eigenvalue weighted by Gasteiger charge is 2.27. The molecule has 0 aliphatic heterocycles. The number of likely N-dealkylation sites (N-methyl/N-ethyl adjacent to an activating group) is 2. The Hall–Kier alpha value is -1.63. The van der Waals surface area contributed by atoms with Gasteiger partial charge in [0.15, 0.2) is 0 Å². The van der Waals surface area contributed by atoms with Gasteiger partial charge in [0.1, 0.15) is 22.8 Å². The Balaban J connectivity index is 0.00000264. The molecule has 23 heavy (non-hydrogen) atoms. The molecular weight excluding hydrogens is 344 g/mol. The van der Waals surface area contributed by atoms with E-state index in [0.29, 0.717) is 18.8 Å². The Morgan fingerprint density at radius 1 is 1.48 bits per heavy atom. The third-order valence-corrected chi connectivity index (χ3v) is 3.64. The van der Waals surface area contributed by atoms with Crippen LogP contribution in [-0.2, 0) is 0 Å². The van der Waals surface area contributed by atoms with Crippen molar-refractivity contribution in [3.8, 4) is 11.3 Å². The number of nitrogens with one attached hydrogen (secondary N) is 1. The lowest BCUT2D eigenvalue weighted by atomic mass is 10.0. The molecule has 0 aliphatic carbocycles. The zero-order valence-corrected chi connectivity index (χ0v) is 14.6. The second-order valence-corrected chi connectivity index (χ2v) is 5.30. The van der Waals surface area contributed by atoms with Crippen molar-refractivity contribution in [2.24, 2.45) is 0 Å². The summed E-state index contributed by atoms with van der Waals surface area (Å²) in [5.74, 6) is -0.508. The summed E-state index contributed by atoms with van der Waals surface area (Å²) >= 11 is 6.06. The minimum atomic E-state index is -0.548. The average Bonchev–Trinajstić information content (AvgIpc) is 2.85. The van der Waals surface area contributed by atoms with Crippen molar-refractivity contribution in [1.29, 1.82) is 0 Å². The van der Waals surface area contributed by atoms with Crippen molar-refractivity contribution in [3.05, 3.63) is 40.4 Å². The first-order chi connectivity index (χ1) is 10.5. The van der Waals surface area contributed by atoms with Crippen LogP contribution in [0.5, 0.6) is 0 Å². The van der Waals surface area contributed by atoms with Crippen LogP contribution in [0.25, 0.3) is 11.3 Å². The molecule has 5 nitrogen and oxygen atoms in total. The first kappa shape index (κ1) is 19.4. The molecule has 0 saturated carbocycles. The van der Waals surface area contributed by atoms with Gasteiger partial charge in [-0.3, -0.25) is 4.79 Å². The van der Waals surface area contributed by atoms with Crippen LogP contribution in [0.1, 0.15) is 16.1 Å². The summed E-state index contributed by atoms with van der Waals surface area (Å²) in [6.07, 6.45) is 0. The number of amides is 1. The Morgan fingerprint density at radius 2 is 2.17 bits per heavy atom. The second-order valence-electron chi connectivity index (χ2n) is 4.89. The van der Waals surface area contributed by atoms with Crippen molar-refractivity contribution >= 4 is 29.9 Å². The first-order valence-electron chi connectivity index (χ1n) is 6.78. The Kier molecular flexibility index (Phi) is 7.00. The third kappa shape index (κ3) is 4.02. The molecule has 0 saturated heterocycles. The first-order valence-corrected chi connectivity index (χ1v) is 7.15. The lowest BCUT2D eigenvalue weighted by Crippen LogP contribution is -2.33. The SMILES string of the molecule is CNCCN(C)C(=O)c1c(-c2c(F)cccc2Cl)noc1C.Cl. The van der Waals surface area contributed by atoms with Crippen LogP contribution in [0.2, 0.25) is 5.02 Å². The van der Waals surface area contributed by atoms with E-state index in [4.69, 9.17) is 16.1 Å². The molecule has 0 bridgehead atoms. The normalized spacial score (nSPS) is 10.3. The zero-order chi connectivity index (χ0) is 16.3. The maximum absolute atomic E-state index is 14.1. The fraction of sp³-hybridized carbons (Fsp3) is 0.333. The van der Waals surface area contributed by atoms with Crippen LogP contribution >= 0.6 is 24.0 Å². The van der Waals surface area contributed by atoms with E-state index >= 15 is 0 Å². The molecule has 0 fully saturated rings. The predicted molar refractivity (Wildman–Crippen MR) is 89.8 cm³/mol. The fourth-order valence-electron chi connectivity index (χ4n) is 2.09. The van der Waals surface area contributed by atoms with Gasteiger partial charge < -0.3 is 14.7 Å². The number of carbonyl (C=O) groups is 1. The van der Waals surface area contributed by atoms with Crippen LogP contribution in [0, 0.1) is 12.7 Å². The van der Waals surface area contributed by atoms with Gasteiger partial charge in [-0.15, -0.1) is 12.4 Å². The highest BCUT2D eigenvalue weighted by molar-refractivity contribution is 6.33. The van der Waals surface area contributed by atoms with E-state index in [0.717, 1.165) is 0 Å². The van der Waals surface area contributed by atoms with Crippen molar-refractivity contribution in [3.63, 3.8) is 0 Å². The molecular formula is C15H18Cl2FN3O2. The Labute approximate surface area is 145 Å². The number of carbonyl (C=O) groups excluding carboxylic acids is 1. The van der Waals surface area contributed by atoms with Gasteiger partial charge in [-0.25, -0.2) is 4.39 Å². The zero-order valence-electron chi connectivity index (χ0n) is 13.0. The van der Waals surface area contributed by atoms with E-state index < -0.39 is 5.82 Å². The van der Waals surface area contributed by atoms with E-state index in [1.807, 2.05) is 0 Å². The molecule has 0 aliphatic rings. The van der Waals surface area contributed by atoms with Crippen molar-refractivity contribution < 1.29 is 13.7 Å². The van der Waals surface area contributed by atoms with E-state index in [-0.39, 0.29) is 40.2 Å². The maximum Gasteiger partial charge on any atom is 0.259 e. The Morgan fingerprint density at radius 3 is 2.78 bits per heavy atom. The molecule has 0 radical (unpaired) electrons. The predicted octanol–water partition coefficient (Wildman–Crippen LogP) is 3.16. The highest BCUT2D eigenvalue weighted by atomic mass is 35.5. The van der Waals surface area contributed by atoms with Gasteiger partial charge in [-0.1, -0.05) is 22.8 Å². The summed E-state index contributed by atoms with van der Waals surface area (Å²) in [6, 6.07) is 4.31. The highest BCUT2D eigenvalue weighted by Crippen LogP contribution is 2.33. The van der Waals surface area contributed by atoms with Gasteiger partial charge in [0.25, 0.3) is 5.91 Å². The van der Waals surface area contributed by atoms with Crippen LogP contribution in [0.3, 0.4) is 0 Å². The molecule has 1 amide bonds. The van der Waals surface area contributed by atoms with E-state index in [9.17, 15) is 9.18 Å². The number of rotatable bonds is 5. The van der Waals surface area contributed by atoms with E-state index in [1.54, 1.807) is 27.1 Å². The topological polar surface area (TPSA) is 58.4 Å². The lowest BCUT2D eigenvalue weighted by Gasteiger charge is -2.17. The maximum atomic E-state index is 14.1. The molecule has 1 heterocycles. The van der Waals surface area contributed by atoms with Crippen LogP contribution < -0.4 is 5.32 Å².